The van der Waals surface area contributed by atoms with Gasteiger partial charge in [0.25, 0.3) is 5.91 Å². The summed E-state index contributed by atoms with van der Waals surface area (Å²) in [5.41, 5.74) is 2.26. The van der Waals surface area contributed by atoms with Crippen LogP contribution in [0.2, 0.25) is 5.02 Å². The van der Waals surface area contributed by atoms with Crippen LogP contribution in [0.4, 0.5) is 5.82 Å². The predicted octanol–water partition coefficient (Wildman–Crippen LogP) is 3.89. The highest BCUT2D eigenvalue weighted by Crippen LogP contribution is 2.27. The molecule has 1 amide bonds. The number of hydrogen-bond donors (Lipinski definition) is 0. The van der Waals surface area contributed by atoms with Gasteiger partial charge in [0.1, 0.15) is 11.6 Å². The van der Waals surface area contributed by atoms with E-state index < -0.39 is 0 Å². The Kier molecular flexibility index (Phi) is 6.22. The van der Waals surface area contributed by atoms with Gasteiger partial charge in [0.05, 0.1) is 5.02 Å². The van der Waals surface area contributed by atoms with Crippen LogP contribution in [0.5, 0.6) is 5.75 Å². The number of ether oxygens (including phenoxy) is 1. The highest BCUT2D eigenvalue weighted by atomic mass is 35.5. The smallest absolute Gasteiger partial charge is 0.260 e. The maximum Gasteiger partial charge on any atom is 0.260 e. The second kappa shape index (κ2) is 8.61. The van der Waals surface area contributed by atoms with Crippen LogP contribution in [-0.4, -0.2) is 48.6 Å². The zero-order valence-corrected chi connectivity index (χ0v) is 16.9. The zero-order valence-electron chi connectivity index (χ0n) is 16.1. The molecule has 0 atom stereocenters. The lowest BCUT2D eigenvalue weighted by atomic mass is 10.0. The van der Waals surface area contributed by atoms with Gasteiger partial charge in [-0.1, -0.05) is 37.6 Å². The number of rotatable bonds is 5. The fourth-order valence-corrected chi connectivity index (χ4v) is 3.33. The number of benzene rings is 1. The number of aromatic nitrogens is 1. The van der Waals surface area contributed by atoms with Crippen molar-refractivity contribution < 1.29 is 9.53 Å². The lowest BCUT2D eigenvalue weighted by Crippen LogP contribution is -2.50. The molecule has 1 aliphatic heterocycles. The molecule has 0 spiro atoms. The predicted molar refractivity (Wildman–Crippen MR) is 109 cm³/mol. The summed E-state index contributed by atoms with van der Waals surface area (Å²) < 4.78 is 5.89. The van der Waals surface area contributed by atoms with Gasteiger partial charge < -0.3 is 14.5 Å². The Balaban J connectivity index is 1.54. The van der Waals surface area contributed by atoms with Crippen molar-refractivity contribution in [1.82, 2.24) is 9.88 Å². The quantitative estimate of drug-likeness (QED) is 0.780. The Hall–Kier alpha value is -2.27. The maximum atomic E-state index is 12.6. The molecule has 1 fully saturated rings. The van der Waals surface area contributed by atoms with Gasteiger partial charge in [0.2, 0.25) is 0 Å². The molecule has 0 radical (unpaired) electrons. The molecule has 1 aromatic carbocycles. The molecule has 1 aromatic heterocycles. The molecule has 6 heteroatoms. The summed E-state index contributed by atoms with van der Waals surface area (Å²) in [5.74, 6) is 2.08. The van der Waals surface area contributed by atoms with Crippen LogP contribution in [-0.2, 0) is 4.79 Å². The maximum absolute atomic E-state index is 12.6. The van der Waals surface area contributed by atoms with Gasteiger partial charge in [-0.2, -0.15) is 0 Å². The number of amides is 1. The molecular formula is C21H26ClN3O2. The minimum absolute atomic E-state index is 0.0231. The van der Waals surface area contributed by atoms with Crippen molar-refractivity contribution in [2.75, 3.05) is 37.7 Å². The van der Waals surface area contributed by atoms with Crippen molar-refractivity contribution in [3.05, 3.63) is 52.7 Å². The number of hydrogen-bond acceptors (Lipinski definition) is 4. The lowest BCUT2D eigenvalue weighted by Gasteiger charge is -2.35. The van der Waals surface area contributed by atoms with Crippen LogP contribution >= 0.6 is 11.6 Å². The SMILES string of the molecule is Cc1ccc(C(C)C)c(OCC(=O)N2CCN(c3ccc(Cl)cn3)CC2)c1. The van der Waals surface area contributed by atoms with E-state index in [9.17, 15) is 4.79 Å². The summed E-state index contributed by atoms with van der Waals surface area (Å²) in [5, 5.41) is 0.627. The van der Waals surface area contributed by atoms with Gasteiger partial charge in [-0.15, -0.1) is 0 Å². The topological polar surface area (TPSA) is 45.7 Å². The average Bonchev–Trinajstić information content (AvgIpc) is 2.66. The molecule has 144 valence electrons. The molecular weight excluding hydrogens is 362 g/mol. The molecule has 2 aromatic rings. The van der Waals surface area contributed by atoms with E-state index in [1.54, 1.807) is 6.20 Å². The number of pyridine rings is 1. The highest BCUT2D eigenvalue weighted by molar-refractivity contribution is 6.30. The monoisotopic (exact) mass is 387 g/mol. The molecule has 0 aliphatic carbocycles. The Morgan fingerprint density at radius 3 is 2.56 bits per heavy atom. The van der Waals surface area contributed by atoms with Gasteiger partial charge in [0, 0.05) is 32.4 Å². The number of piperazine rings is 1. The first-order valence-electron chi connectivity index (χ1n) is 9.31. The van der Waals surface area contributed by atoms with Crippen molar-refractivity contribution in [2.45, 2.75) is 26.7 Å². The van der Waals surface area contributed by atoms with Crippen molar-refractivity contribution in [2.24, 2.45) is 0 Å². The Labute approximate surface area is 165 Å². The van der Waals surface area contributed by atoms with E-state index in [1.165, 1.54) is 0 Å². The van der Waals surface area contributed by atoms with E-state index in [4.69, 9.17) is 16.3 Å². The lowest BCUT2D eigenvalue weighted by molar-refractivity contribution is -0.133. The van der Waals surface area contributed by atoms with E-state index >= 15 is 0 Å². The Bertz CT molecular complexity index is 785. The molecule has 0 unspecified atom stereocenters. The third-order valence-electron chi connectivity index (χ3n) is 4.81. The van der Waals surface area contributed by atoms with Crippen LogP contribution in [0.3, 0.4) is 0 Å². The van der Waals surface area contributed by atoms with Gasteiger partial charge in [0.15, 0.2) is 6.61 Å². The molecule has 2 heterocycles. The van der Waals surface area contributed by atoms with E-state index in [0.29, 0.717) is 24.0 Å². The number of aryl methyl sites for hydroxylation is 1. The summed E-state index contributed by atoms with van der Waals surface area (Å²) in [6.07, 6.45) is 1.65. The third-order valence-corrected chi connectivity index (χ3v) is 5.03. The zero-order chi connectivity index (χ0) is 19.4. The van der Waals surface area contributed by atoms with Gasteiger partial charge >= 0.3 is 0 Å². The summed E-state index contributed by atoms with van der Waals surface area (Å²) in [7, 11) is 0. The molecule has 1 saturated heterocycles. The third kappa shape index (κ3) is 4.92. The van der Waals surface area contributed by atoms with Crippen LogP contribution in [0.15, 0.2) is 36.5 Å². The number of nitrogens with zero attached hydrogens (tertiary/aromatic N) is 3. The van der Waals surface area contributed by atoms with Crippen molar-refractivity contribution in [3.63, 3.8) is 0 Å². The summed E-state index contributed by atoms with van der Waals surface area (Å²) in [6, 6.07) is 9.91. The van der Waals surface area contributed by atoms with Crippen molar-refractivity contribution >= 4 is 23.3 Å². The van der Waals surface area contributed by atoms with Crippen molar-refractivity contribution in [1.29, 1.82) is 0 Å². The average molecular weight is 388 g/mol. The summed E-state index contributed by atoms with van der Waals surface area (Å²) in [4.78, 5) is 20.9. The molecule has 0 N–H and O–H groups in total. The fraction of sp³-hybridized carbons (Fsp3) is 0.429. The second-order valence-electron chi connectivity index (χ2n) is 7.19. The van der Waals surface area contributed by atoms with E-state index in [1.807, 2.05) is 30.0 Å². The largest absolute Gasteiger partial charge is 0.483 e. The van der Waals surface area contributed by atoms with Gasteiger partial charge in [-0.25, -0.2) is 4.98 Å². The van der Waals surface area contributed by atoms with Crippen LogP contribution in [0, 0.1) is 6.92 Å². The number of anilines is 1. The first-order chi connectivity index (χ1) is 12.9. The number of carbonyl (C=O) groups is 1. The molecule has 5 nitrogen and oxygen atoms in total. The first kappa shape index (κ1) is 19.5. The van der Waals surface area contributed by atoms with E-state index in [2.05, 4.69) is 35.9 Å². The standard InChI is InChI=1S/C21H26ClN3O2/c1-15(2)18-6-4-16(3)12-19(18)27-14-21(26)25-10-8-24(9-11-25)20-7-5-17(22)13-23-20/h4-7,12-13,15H,8-11,14H2,1-3H3. The van der Waals surface area contributed by atoms with Crippen LogP contribution < -0.4 is 9.64 Å². The molecule has 27 heavy (non-hydrogen) atoms. The minimum Gasteiger partial charge on any atom is -0.483 e. The minimum atomic E-state index is 0.0231. The van der Waals surface area contributed by atoms with Gasteiger partial charge in [-0.05, 0) is 42.2 Å². The van der Waals surface area contributed by atoms with Gasteiger partial charge in [-0.3, -0.25) is 4.79 Å². The summed E-state index contributed by atoms with van der Waals surface area (Å²) in [6.45, 7) is 9.19. The Morgan fingerprint density at radius 1 is 1.19 bits per heavy atom. The van der Waals surface area contributed by atoms with Crippen molar-refractivity contribution in [3.8, 4) is 5.75 Å². The Morgan fingerprint density at radius 2 is 1.93 bits per heavy atom. The number of carbonyl (C=O) groups excluding carboxylic acids is 1. The number of halogens is 1. The fourth-order valence-electron chi connectivity index (χ4n) is 3.21. The molecule has 3 rings (SSSR count). The highest BCUT2D eigenvalue weighted by Gasteiger charge is 2.22. The molecule has 0 saturated carbocycles. The van der Waals surface area contributed by atoms with Crippen LogP contribution in [0.25, 0.3) is 0 Å². The molecule has 0 bridgehead atoms. The van der Waals surface area contributed by atoms with E-state index in [0.717, 1.165) is 35.8 Å². The second-order valence-corrected chi connectivity index (χ2v) is 7.62. The van der Waals surface area contributed by atoms with Crippen LogP contribution in [0.1, 0.15) is 30.9 Å². The molecule has 1 aliphatic rings. The van der Waals surface area contributed by atoms with E-state index in [-0.39, 0.29) is 12.5 Å². The first-order valence-corrected chi connectivity index (χ1v) is 9.69. The summed E-state index contributed by atoms with van der Waals surface area (Å²) >= 11 is 5.89. The normalized spacial score (nSPS) is 14.6.